The Hall–Kier alpha value is -2.95. The summed E-state index contributed by atoms with van der Waals surface area (Å²) in [5.74, 6) is -0.502. The highest BCUT2D eigenvalue weighted by atomic mass is 32.2. The highest BCUT2D eigenvalue weighted by Gasteiger charge is 2.22. The number of nitrogens with one attached hydrogen (secondary N) is 1. The van der Waals surface area contributed by atoms with E-state index < -0.39 is 21.9 Å². The minimum Gasteiger partial charge on any atom is -0.468 e. The summed E-state index contributed by atoms with van der Waals surface area (Å²) in [7, 11) is -1.04. The number of nitrogens with zero attached hydrogens (tertiary/aromatic N) is 1. The lowest BCUT2D eigenvalue weighted by Crippen LogP contribution is -2.26. The van der Waals surface area contributed by atoms with Crippen LogP contribution in [0.1, 0.15) is 26.5 Å². The maximum Gasteiger partial charge on any atom is 0.340 e. The van der Waals surface area contributed by atoms with Crippen molar-refractivity contribution in [1.29, 1.82) is 0 Å². The second kappa shape index (κ2) is 8.60. The van der Waals surface area contributed by atoms with Gasteiger partial charge in [0.15, 0.2) is 0 Å². The average Bonchev–Trinajstić information content (AvgIpc) is 3.39. The number of methoxy groups -OCH3 is 1. The summed E-state index contributed by atoms with van der Waals surface area (Å²) in [5.41, 5.74) is 0.506. The number of carbonyl (C=O) groups excluding carboxylic acids is 2. The van der Waals surface area contributed by atoms with Crippen LogP contribution in [0.15, 0.2) is 63.4 Å². The molecular formula is C19H18N2O6S2. The fourth-order valence-corrected chi connectivity index (χ4v) is 4.42. The maximum absolute atomic E-state index is 12.7. The van der Waals surface area contributed by atoms with Gasteiger partial charge < -0.3 is 14.5 Å². The zero-order valence-corrected chi connectivity index (χ0v) is 17.2. The van der Waals surface area contributed by atoms with Crippen LogP contribution in [-0.4, -0.2) is 38.8 Å². The minimum atomic E-state index is -3.75. The van der Waals surface area contributed by atoms with E-state index in [2.05, 4.69) is 10.1 Å². The van der Waals surface area contributed by atoms with Crippen LogP contribution in [0.2, 0.25) is 0 Å². The first kappa shape index (κ1) is 20.8. The first-order chi connectivity index (χ1) is 13.8. The lowest BCUT2D eigenvalue weighted by atomic mass is 10.2. The molecule has 0 radical (unpaired) electrons. The van der Waals surface area contributed by atoms with E-state index in [4.69, 9.17) is 4.42 Å². The van der Waals surface area contributed by atoms with E-state index >= 15 is 0 Å². The van der Waals surface area contributed by atoms with Gasteiger partial charge in [-0.3, -0.25) is 4.79 Å². The molecule has 1 amide bonds. The second-order valence-electron chi connectivity index (χ2n) is 5.97. The van der Waals surface area contributed by atoms with E-state index in [1.807, 2.05) is 0 Å². The zero-order valence-electron chi connectivity index (χ0n) is 15.6. The highest BCUT2D eigenvalue weighted by molar-refractivity contribution is 7.89. The Morgan fingerprint density at radius 3 is 2.52 bits per heavy atom. The summed E-state index contributed by atoms with van der Waals surface area (Å²) in [5, 5.41) is 4.66. The molecule has 0 unspecified atom stereocenters. The molecular weight excluding hydrogens is 416 g/mol. The van der Waals surface area contributed by atoms with Gasteiger partial charge in [-0.05, 0) is 47.8 Å². The molecule has 10 heteroatoms. The Morgan fingerprint density at radius 2 is 1.90 bits per heavy atom. The van der Waals surface area contributed by atoms with Crippen molar-refractivity contribution in [2.75, 3.05) is 19.5 Å². The topological polar surface area (TPSA) is 106 Å². The normalized spacial score (nSPS) is 11.4. The lowest BCUT2D eigenvalue weighted by molar-refractivity contribution is 0.0602. The van der Waals surface area contributed by atoms with Gasteiger partial charge in [0.25, 0.3) is 5.91 Å². The Bertz CT molecular complexity index is 1100. The summed E-state index contributed by atoms with van der Waals surface area (Å²) in [6.07, 6.45) is 1.47. The number of thiophene rings is 1. The van der Waals surface area contributed by atoms with Gasteiger partial charge in [0.05, 0.1) is 30.4 Å². The highest BCUT2D eigenvalue weighted by Crippen LogP contribution is 2.25. The predicted molar refractivity (Wildman–Crippen MR) is 107 cm³/mol. The number of sulfonamides is 1. The fourth-order valence-electron chi connectivity index (χ4n) is 2.52. The fraction of sp³-hybridized carbons (Fsp3) is 0.158. The molecule has 0 spiro atoms. The van der Waals surface area contributed by atoms with Crippen molar-refractivity contribution in [3.8, 4) is 0 Å². The van der Waals surface area contributed by atoms with Crippen molar-refractivity contribution >= 4 is 38.2 Å². The maximum atomic E-state index is 12.7. The predicted octanol–water partition coefficient (Wildman–Crippen LogP) is 3.20. The molecule has 1 aromatic carbocycles. The van der Waals surface area contributed by atoms with Crippen LogP contribution in [0.25, 0.3) is 0 Å². The van der Waals surface area contributed by atoms with Crippen LogP contribution in [0, 0.1) is 0 Å². The summed E-state index contributed by atoms with van der Waals surface area (Å²) >= 11 is 1.18. The van der Waals surface area contributed by atoms with Crippen LogP contribution in [0.4, 0.5) is 5.00 Å². The summed E-state index contributed by atoms with van der Waals surface area (Å²) in [4.78, 5) is 24.2. The molecule has 0 aliphatic carbocycles. The first-order valence-corrected chi connectivity index (χ1v) is 10.7. The van der Waals surface area contributed by atoms with Gasteiger partial charge in [0, 0.05) is 12.6 Å². The Morgan fingerprint density at radius 1 is 1.17 bits per heavy atom. The number of ether oxygens (including phenoxy) is 1. The van der Waals surface area contributed by atoms with E-state index in [0.29, 0.717) is 10.8 Å². The van der Waals surface area contributed by atoms with Gasteiger partial charge in [-0.2, -0.15) is 4.31 Å². The van der Waals surface area contributed by atoms with Gasteiger partial charge in [-0.1, -0.05) is 0 Å². The number of furan rings is 1. The Kier molecular flexibility index (Phi) is 6.16. The first-order valence-electron chi connectivity index (χ1n) is 8.39. The number of benzene rings is 1. The number of anilines is 1. The van der Waals surface area contributed by atoms with Crippen molar-refractivity contribution in [1.82, 2.24) is 4.31 Å². The second-order valence-corrected chi connectivity index (χ2v) is 8.93. The molecule has 0 atom stereocenters. The molecule has 1 N–H and O–H groups in total. The van der Waals surface area contributed by atoms with E-state index in [1.54, 1.807) is 23.6 Å². The van der Waals surface area contributed by atoms with Crippen molar-refractivity contribution in [2.24, 2.45) is 0 Å². The standard InChI is InChI=1S/C19H18N2O6S2/c1-21(12-14-4-3-10-27-14)29(24,25)15-7-5-13(6-8-15)17(22)20-18-16(9-11-28-18)19(23)26-2/h3-11H,12H2,1-2H3,(H,20,22). The molecule has 0 bridgehead atoms. The van der Waals surface area contributed by atoms with Crippen LogP contribution >= 0.6 is 11.3 Å². The number of amides is 1. The van der Waals surface area contributed by atoms with Crippen molar-refractivity contribution in [3.63, 3.8) is 0 Å². The van der Waals surface area contributed by atoms with Crippen molar-refractivity contribution < 1.29 is 27.2 Å². The molecule has 3 aromatic rings. The smallest absolute Gasteiger partial charge is 0.340 e. The third-order valence-corrected chi connectivity index (χ3v) is 6.73. The molecule has 29 heavy (non-hydrogen) atoms. The van der Waals surface area contributed by atoms with Gasteiger partial charge >= 0.3 is 5.97 Å². The SMILES string of the molecule is COC(=O)c1ccsc1NC(=O)c1ccc(S(=O)(=O)N(C)Cc2ccco2)cc1. The largest absolute Gasteiger partial charge is 0.468 e. The third kappa shape index (κ3) is 4.56. The summed E-state index contributed by atoms with van der Waals surface area (Å²) in [6.45, 7) is 0.0895. The molecule has 152 valence electrons. The number of hydrogen-bond donors (Lipinski definition) is 1. The van der Waals surface area contributed by atoms with Crippen molar-refractivity contribution in [2.45, 2.75) is 11.4 Å². The number of rotatable bonds is 7. The van der Waals surface area contributed by atoms with Gasteiger partial charge in [-0.25, -0.2) is 13.2 Å². The van der Waals surface area contributed by atoms with Crippen LogP contribution in [-0.2, 0) is 21.3 Å². The molecule has 2 aromatic heterocycles. The van der Waals surface area contributed by atoms with Crippen molar-refractivity contribution in [3.05, 3.63) is 71.0 Å². The van der Waals surface area contributed by atoms with E-state index in [0.717, 1.165) is 4.31 Å². The van der Waals surface area contributed by atoms with Gasteiger partial charge in [-0.15, -0.1) is 11.3 Å². The summed E-state index contributed by atoms with van der Waals surface area (Å²) in [6, 6.07) is 10.5. The molecule has 2 heterocycles. The molecule has 0 saturated heterocycles. The molecule has 0 saturated carbocycles. The number of esters is 1. The number of hydrogen-bond acceptors (Lipinski definition) is 7. The molecule has 8 nitrogen and oxygen atoms in total. The minimum absolute atomic E-state index is 0.0504. The molecule has 0 fully saturated rings. The number of carbonyl (C=O) groups is 2. The van der Waals surface area contributed by atoms with Crippen LogP contribution in [0.5, 0.6) is 0 Å². The Labute approximate surface area is 171 Å². The average molecular weight is 434 g/mol. The third-order valence-electron chi connectivity index (χ3n) is 4.08. The van der Waals surface area contributed by atoms with Gasteiger partial charge in [0.1, 0.15) is 10.8 Å². The Balaban J connectivity index is 1.73. The summed E-state index contributed by atoms with van der Waals surface area (Å²) < 4.78 is 36.4. The monoisotopic (exact) mass is 434 g/mol. The van der Waals surface area contributed by atoms with E-state index in [-0.39, 0.29) is 22.6 Å². The molecule has 3 rings (SSSR count). The van der Waals surface area contributed by atoms with E-state index in [9.17, 15) is 18.0 Å². The quantitative estimate of drug-likeness (QED) is 0.573. The van der Waals surface area contributed by atoms with Crippen LogP contribution in [0.3, 0.4) is 0 Å². The van der Waals surface area contributed by atoms with Gasteiger partial charge in [0.2, 0.25) is 10.0 Å². The lowest BCUT2D eigenvalue weighted by Gasteiger charge is -2.16. The molecule has 0 aliphatic rings. The van der Waals surface area contributed by atoms with Crippen LogP contribution < -0.4 is 5.32 Å². The zero-order chi connectivity index (χ0) is 21.0. The van der Waals surface area contributed by atoms with E-state index in [1.165, 1.54) is 56.0 Å². The molecule has 0 aliphatic heterocycles.